The molecule has 0 saturated carbocycles. The van der Waals surface area contributed by atoms with Gasteiger partial charge in [-0.05, 0) is 74.0 Å². The van der Waals surface area contributed by atoms with Crippen molar-refractivity contribution in [1.29, 1.82) is 0 Å². The van der Waals surface area contributed by atoms with Gasteiger partial charge in [0.2, 0.25) is 0 Å². The predicted octanol–water partition coefficient (Wildman–Crippen LogP) is 6.21. The molecule has 0 amide bonds. The maximum atomic E-state index is 13.8. The largest absolute Gasteiger partial charge is 0.376 e. The Hall–Kier alpha value is -0.390. The molecular weight excluding hydrogens is 453 g/mol. The van der Waals surface area contributed by atoms with Gasteiger partial charge in [0.25, 0.3) is 0 Å². The van der Waals surface area contributed by atoms with E-state index >= 15 is 0 Å². The molecule has 0 aromatic heterocycles. The van der Waals surface area contributed by atoms with Crippen molar-refractivity contribution in [2.75, 3.05) is 5.32 Å². The molecule has 2 aromatic rings. The zero-order valence-corrected chi connectivity index (χ0v) is 15.1. The fraction of sp³-hybridized carbons (Fsp3) is 0.200. The summed E-state index contributed by atoms with van der Waals surface area (Å²) in [5.41, 5.74) is 2.90. The molecule has 104 valence electrons. The Kier molecular flexibility index (Phi) is 4.20. The van der Waals surface area contributed by atoms with Crippen LogP contribution in [-0.2, 0) is 6.42 Å². The summed E-state index contributed by atoms with van der Waals surface area (Å²) in [6.07, 6.45) is 1.69. The molecule has 0 radical (unpaired) electrons. The first-order chi connectivity index (χ1) is 9.56. The van der Waals surface area contributed by atoms with Gasteiger partial charge in [-0.1, -0.05) is 28.1 Å². The molecule has 20 heavy (non-hydrogen) atoms. The molecule has 5 heteroatoms. The first-order valence-electron chi connectivity index (χ1n) is 6.24. The van der Waals surface area contributed by atoms with Crippen molar-refractivity contribution in [3.63, 3.8) is 0 Å². The molecular formula is C15H11Br3FN. The van der Waals surface area contributed by atoms with E-state index in [9.17, 15) is 4.39 Å². The van der Waals surface area contributed by atoms with Crippen molar-refractivity contribution >= 4 is 53.5 Å². The third-order valence-electron chi connectivity index (χ3n) is 3.54. The van der Waals surface area contributed by atoms with Crippen LogP contribution in [0.2, 0.25) is 0 Å². The van der Waals surface area contributed by atoms with Crippen LogP contribution in [0.4, 0.5) is 10.1 Å². The van der Waals surface area contributed by atoms with E-state index < -0.39 is 0 Å². The van der Waals surface area contributed by atoms with Gasteiger partial charge < -0.3 is 5.32 Å². The van der Waals surface area contributed by atoms with Crippen LogP contribution in [0, 0.1) is 5.82 Å². The Labute approximate surface area is 142 Å². The second-order valence-corrected chi connectivity index (χ2v) is 7.41. The molecule has 0 aliphatic heterocycles. The number of benzene rings is 2. The van der Waals surface area contributed by atoms with E-state index in [2.05, 4.69) is 53.1 Å². The van der Waals surface area contributed by atoms with E-state index in [0.717, 1.165) is 43.1 Å². The van der Waals surface area contributed by atoms with Crippen LogP contribution in [0.5, 0.6) is 0 Å². The number of nitrogens with one attached hydrogen (secondary N) is 1. The lowest BCUT2D eigenvalue weighted by molar-refractivity contribution is 0.612. The standard InChI is InChI=1S/C15H11Br3FN/c16-8-6-11(17)15(12(18)7-8)20-14-5-4-9-10(14)2-1-3-13(9)19/h1-3,6-7,14,20H,4-5H2. The number of hydrogen-bond donors (Lipinski definition) is 1. The van der Waals surface area contributed by atoms with Crippen LogP contribution in [0.15, 0.2) is 43.7 Å². The highest BCUT2D eigenvalue weighted by Crippen LogP contribution is 2.40. The minimum absolute atomic E-state index is 0.0965. The van der Waals surface area contributed by atoms with Gasteiger partial charge >= 0.3 is 0 Å². The minimum atomic E-state index is -0.0965. The van der Waals surface area contributed by atoms with Crippen LogP contribution in [-0.4, -0.2) is 0 Å². The van der Waals surface area contributed by atoms with Crippen molar-refractivity contribution < 1.29 is 4.39 Å². The quantitative estimate of drug-likeness (QED) is 0.558. The summed E-state index contributed by atoms with van der Waals surface area (Å²) >= 11 is 10.6. The molecule has 0 fully saturated rings. The molecule has 1 aliphatic rings. The lowest BCUT2D eigenvalue weighted by atomic mass is 10.1. The average Bonchev–Trinajstić information content (AvgIpc) is 2.78. The fourth-order valence-corrected chi connectivity index (χ4v) is 5.10. The van der Waals surface area contributed by atoms with Crippen LogP contribution < -0.4 is 5.32 Å². The molecule has 1 N–H and O–H groups in total. The van der Waals surface area contributed by atoms with E-state index in [0.29, 0.717) is 0 Å². The number of rotatable bonds is 2. The maximum absolute atomic E-state index is 13.8. The Morgan fingerprint density at radius 2 is 1.80 bits per heavy atom. The molecule has 1 nitrogen and oxygen atoms in total. The monoisotopic (exact) mass is 461 g/mol. The van der Waals surface area contributed by atoms with Crippen LogP contribution in [0.3, 0.4) is 0 Å². The first-order valence-corrected chi connectivity index (χ1v) is 8.62. The summed E-state index contributed by atoms with van der Waals surface area (Å²) in [6.45, 7) is 0. The van der Waals surface area contributed by atoms with E-state index in [1.807, 2.05) is 18.2 Å². The Balaban J connectivity index is 1.94. The van der Waals surface area contributed by atoms with Crippen LogP contribution in [0.1, 0.15) is 23.6 Å². The van der Waals surface area contributed by atoms with E-state index in [1.54, 1.807) is 6.07 Å². The second-order valence-electron chi connectivity index (χ2n) is 4.79. The topological polar surface area (TPSA) is 12.0 Å². The predicted molar refractivity (Wildman–Crippen MR) is 90.6 cm³/mol. The minimum Gasteiger partial charge on any atom is -0.376 e. The van der Waals surface area contributed by atoms with Crippen molar-refractivity contribution in [2.45, 2.75) is 18.9 Å². The molecule has 0 heterocycles. The second kappa shape index (κ2) is 5.78. The average molecular weight is 464 g/mol. The van der Waals surface area contributed by atoms with Crippen LogP contribution >= 0.6 is 47.8 Å². The lowest BCUT2D eigenvalue weighted by Crippen LogP contribution is -2.08. The van der Waals surface area contributed by atoms with Gasteiger partial charge in [-0.3, -0.25) is 0 Å². The summed E-state index contributed by atoms with van der Waals surface area (Å²) in [6, 6.07) is 9.45. The number of anilines is 1. The smallest absolute Gasteiger partial charge is 0.126 e. The zero-order valence-electron chi connectivity index (χ0n) is 10.4. The lowest BCUT2D eigenvalue weighted by Gasteiger charge is -2.18. The summed E-state index contributed by atoms with van der Waals surface area (Å²) in [5, 5.41) is 3.51. The molecule has 0 saturated heterocycles. The van der Waals surface area contributed by atoms with Crippen molar-refractivity contribution in [2.24, 2.45) is 0 Å². The zero-order chi connectivity index (χ0) is 14.3. The van der Waals surface area contributed by atoms with E-state index in [-0.39, 0.29) is 11.9 Å². The summed E-state index contributed by atoms with van der Waals surface area (Å²) in [4.78, 5) is 0. The maximum Gasteiger partial charge on any atom is 0.126 e. The normalized spacial score (nSPS) is 17.1. The van der Waals surface area contributed by atoms with Gasteiger partial charge in [-0.15, -0.1) is 0 Å². The van der Waals surface area contributed by atoms with Crippen molar-refractivity contribution in [3.8, 4) is 0 Å². The Bertz CT molecular complexity index is 649. The Morgan fingerprint density at radius 3 is 2.50 bits per heavy atom. The third-order valence-corrected chi connectivity index (χ3v) is 5.25. The van der Waals surface area contributed by atoms with Gasteiger partial charge in [0.1, 0.15) is 5.82 Å². The molecule has 0 bridgehead atoms. The Morgan fingerprint density at radius 1 is 1.10 bits per heavy atom. The van der Waals surface area contributed by atoms with Crippen molar-refractivity contribution in [3.05, 3.63) is 60.7 Å². The van der Waals surface area contributed by atoms with E-state index in [4.69, 9.17) is 0 Å². The molecule has 1 aliphatic carbocycles. The van der Waals surface area contributed by atoms with E-state index in [1.165, 1.54) is 6.07 Å². The van der Waals surface area contributed by atoms with Gasteiger partial charge in [0, 0.05) is 13.4 Å². The summed E-state index contributed by atoms with van der Waals surface area (Å²) in [7, 11) is 0. The third kappa shape index (κ3) is 2.68. The van der Waals surface area contributed by atoms with Gasteiger partial charge in [0.05, 0.1) is 11.7 Å². The number of fused-ring (bicyclic) bond motifs is 1. The highest BCUT2D eigenvalue weighted by atomic mass is 79.9. The summed E-state index contributed by atoms with van der Waals surface area (Å²) < 4.78 is 16.7. The van der Waals surface area contributed by atoms with Gasteiger partial charge in [0.15, 0.2) is 0 Å². The fourth-order valence-electron chi connectivity index (χ4n) is 2.61. The number of hydrogen-bond acceptors (Lipinski definition) is 1. The molecule has 3 rings (SSSR count). The summed E-state index contributed by atoms with van der Waals surface area (Å²) in [5.74, 6) is -0.0965. The molecule has 1 unspecified atom stereocenters. The van der Waals surface area contributed by atoms with Gasteiger partial charge in [-0.2, -0.15) is 0 Å². The highest BCUT2D eigenvalue weighted by molar-refractivity contribution is 9.11. The van der Waals surface area contributed by atoms with Gasteiger partial charge in [-0.25, -0.2) is 4.39 Å². The molecule has 2 aromatic carbocycles. The first kappa shape index (κ1) is 14.5. The highest BCUT2D eigenvalue weighted by Gasteiger charge is 2.25. The molecule has 0 spiro atoms. The molecule has 1 atom stereocenters. The SMILES string of the molecule is Fc1cccc2c1CCC2Nc1c(Br)cc(Br)cc1Br. The van der Waals surface area contributed by atoms with Crippen molar-refractivity contribution in [1.82, 2.24) is 0 Å². The van der Waals surface area contributed by atoms with Crippen LogP contribution in [0.25, 0.3) is 0 Å². The number of halogens is 4.